The zero-order chi connectivity index (χ0) is 66.1. The number of carbonyl (C=O) groups is 9. The number of hydrogen-bond acceptors (Lipinski definition) is 15. The minimum absolute atomic E-state index is 0.000338. The Morgan fingerprint density at radius 2 is 0.978 bits per heavy atom. The van der Waals surface area contributed by atoms with E-state index in [1.54, 1.807) is 89.9 Å². The molecule has 9 aromatic rings. The maximum atomic E-state index is 13.5. The van der Waals surface area contributed by atoms with Gasteiger partial charge in [0.2, 0.25) is 17.6 Å². The molecule has 8 heterocycles. The fourth-order valence-electron chi connectivity index (χ4n) is 9.30. The minimum atomic E-state index is -1.10. The van der Waals surface area contributed by atoms with Crippen molar-refractivity contribution in [2.45, 2.75) is 18.9 Å². The molecule has 0 saturated carbocycles. The molecule has 92 heavy (non-hydrogen) atoms. The molecule has 478 valence electrons. The van der Waals surface area contributed by atoms with Crippen LogP contribution in [0.5, 0.6) is 0 Å². The van der Waals surface area contributed by atoms with E-state index in [1.165, 1.54) is 118 Å². The van der Waals surface area contributed by atoms with E-state index in [4.69, 9.17) is 22.2 Å². The number of hydrogen-bond donors (Lipinski definition) is 10. The Labute approximate surface area is 531 Å². The summed E-state index contributed by atoms with van der Waals surface area (Å²) in [4.78, 5) is 133. The first-order valence-electron chi connectivity index (χ1n) is 27.9. The maximum Gasteiger partial charge on any atom is 0.291 e. The van der Waals surface area contributed by atoms with Gasteiger partial charge in [0.1, 0.15) is 45.8 Å². The van der Waals surface area contributed by atoms with Crippen LogP contribution in [-0.2, 0) is 59.0 Å². The summed E-state index contributed by atoms with van der Waals surface area (Å²) in [6.07, 6.45) is 12.4. The predicted octanol–water partition coefficient (Wildman–Crippen LogP) is 5.47. The number of aryl methyl sites for hydroxylation is 7. The Morgan fingerprint density at radius 1 is 0.543 bits per heavy atom. The average Bonchev–Trinajstić information content (AvgIpc) is 1.83. The van der Waals surface area contributed by atoms with Gasteiger partial charge in [-0.2, -0.15) is 0 Å². The van der Waals surface area contributed by atoms with Gasteiger partial charge in [-0.25, -0.2) is 14.4 Å². The molecule has 0 aliphatic rings. The van der Waals surface area contributed by atoms with Crippen LogP contribution in [0.25, 0.3) is 0 Å². The van der Waals surface area contributed by atoms with Crippen molar-refractivity contribution in [2.75, 3.05) is 56.9 Å². The summed E-state index contributed by atoms with van der Waals surface area (Å²) < 4.78 is 23.7. The summed E-state index contributed by atoms with van der Waals surface area (Å²) in [5.74, 6) is -5.39. The molecule has 30 nitrogen and oxygen atoms in total. The molecule has 11 N–H and O–H groups in total. The Balaban J connectivity index is 0.691. The van der Waals surface area contributed by atoms with Crippen LogP contribution in [0.1, 0.15) is 102 Å². The SMILES string of the molecule is Cn1cc(NC(=O)c2cc(NC(=O)c3nc(NC(=O)c4cc(NC(=O)[C@H](N)CCNC(=O)c5nc(NC(=O)c6cc(NC(=O)c7cc(NC(=O)c8sccc8Cl)cn7C)cn6C)cn5C)cn4C)cn3C)cn2C)cc1C(=O)NCCCO/N=C\c1cccc(F)c1. The number of halogens is 2. The second kappa shape index (κ2) is 28.4. The number of nitrogens with two attached hydrogens (primary N) is 1. The first-order chi connectivity index (χ1) is 43.9. The number of nitrogens with one attached hydrogen (secondary N) is 9. The van der Waals surface area contributed by atoms with Crippen molar-refractivity contribution in [3.63, 3.8) is 0 Å². The summed E-state index contributed by atoms with van der Waals surface area (Å²) >= 11 is 7.27. The van der Waals surface area contributed by atoms with Gasteiger partial charge in [0.25, 0.3) is 47.3 Å². The molecule has 0 spiro atoms. The highest BCUT2D eigenvalue weighted by atomic mass is 35.5. The van der Waals surface area contributed by atoms with Crippen LogP contribution < -0.4 is 53.6 Å². The van der Waals surface area contributed by atoms with E-state index in [2.05, 4.69) is 63.0 Å². The molecule has 1 atom stereocenters. The standard InChI is InChI=1S/C59H62ClFN20O10S/c1-75-26-35(19-41(75)52(83)63-14-9-16-91-65-24-32-10-8-11-33(61)18-32)67-54(85)43-23-38(29-77(43)3)70-59(90)50-72-47(31-81(50)7)74-55(86)44-20-34(25-78(44)4)66-51(82)40(62)12-15-64-58(89)49-71-46(30-80(49)6)73-56(87)45-21-36(27-79(45)5)68-53(84)42-22-37(28-76(42)2)69-57(88)48-39(60)13-17-92-48/h8,10-11,13,17-31,40H,9,12,14-16,62H2,1-7H3,(H,63,83)(H,64,89)(H,66,82)(H,67,85)(H,68,84)(H,69,88)(H,70,90)(H,73,87)(H,74,86)/b65-24-/t40-/m1/s1. The zero-order valence-electron chi connectivity index (χ0n) is 50.4. The Hall–Kier alpha value is -11.4. The quantitative estimate of drug-likeness (QED) is 0.0193. The van der Waals surface area contributed by atoms with Crippen molar-refractivity contribution >= 4 is 122 Å². The first-order valence-corrected chi connectivity index (χ1v) is 29.2. The molecule has 0 saturated heterocycles. The lowest BCUT2D eigenvalue weighted by Crippen LogP contribution is -2.39. The van der Waals surface area contributed by atoms with Gasteiger partial charge in [0.05, 0.1) is 45.7 Å². The number of aromatic nitrogens is 9. The van der Waals surface area contributed by atoms with E-state index >= 15 is 0 Å². The third kappa shape index (κ3) is 15.9. The van der Waals surface area contributed by atoms with Gasteiger partial charge in [-0.15, -0.1) is 11.3 Å². The molecule has 0 radical (unpaired) electrons. The van der Waals surface area contributed by atoms with Crippen LogP contribution in [0.15, 0.2) is 115 Å². The number of nitrogens with zero attached hydrogens (tertiary/aromatic N) is 10. The van der Waals surface area contributed by atoms with Crippen molar-refractivity contribution in [3.8, 4) is 0 Å². The normalized spacial score (nSPS) is 11.5. The van der Waals surface area contributed by atoms with Gasteiger partial charge in [-0.05, 0) is 65.9 Å². The van der Waals surface area contributed by atoms with E-state index in [0.29, 0.717) is 38.9 Å². The van der Waals surface area contributed by atoms with Gasteiger partial charge < -0.3 is 90.4 Å². The van der Waals surface area contributed by atoms with Gasteiger partial charge >= 0.3 is 0 Å². The van der Waals surface area contributed by atoms with Crippen molar-refractivity contribution in [1.82, 2.24) is 52.6 Å². The number of imidazole rings is 2. The molecule has 0 bridgehead atoms. The Bertz CT molecular complexity index is 4370. The molecule has 0 aliphatic heterocycles. The molecule has 0 unspecified atom stereocenters. The van der Waals surface area contributed by atoms with Crippen LogP contribution in [0, 0.1) is 5.82 Å². The molecular weight excluding hydrogens is 1240 g/mol. The van der Waals surface area contributed by atoms with Gasteiger partial charge in [-0.3, -0.25) is 43.2 Å². The van der Waals surface area contributed by atoms with E-state index < -0.39 is 53.3 Å². The van der Waals surface area contributed by atoms with Gasteiger partial charge in [0.15, 0.2) is 11.6 Å². The molecule has 9 rings (SSSR count). The van der Waals surface area contributed by atoms with Crippen LogP contribution in [0.3, 0.4) is 0 Å². The van der Waals surface area contributed by atoms with Gasteiger partial charge in [0, 0.05) is 112 Å². The first kappa shape index (κ1) is 65.1. The number of thiophene rings is 1. The summed E-state index contributed by atoms with van der Waals surface area (Å²) in [6.45, 7) is 0.437. The molecule has 9 amide bonds. The number of oxime groups is 1. The van der Waals surface area contributed by atoms with Crippen molar-refractivity contribution < 1.29 is 52.4 Å². The third-order valence-electron chi connectivity index (χ3n) is 13.9. The number of carbonyl (C=O) groups excluding carboxylic acids is 9. The summed E-state index contributed by atoms with van der Waals surface area (Å²) in [5.41, 5.74) is 9.21. The van der Waals surface area contributed by atoms with Crippen LogP contribution in [0.2, 0.25) is 5.02 Å². The van der Waals surface area contributed by atoms with E-state index in [9.17, 15) is 47.5 Å². The summed E-state index contributed by atoms with van der Waals surface area (Å²) in [6, 6.07) is 13.7. The van der Waals surface area contributed by atoms with E-state index in [0.717, 1.165) is 0 Å². The fourth-order valence-corrected chi connectivity index (χ4v) is 10.3. The lowest BCUT2D eigenvalue weighted by Gasteiger charge is -2.12. The second-order valence-corrected chi connectivity index (χ2v) is 22.3. The number of benzene rings is 1. The Morgan fingerprint density at radius 3 is 1.46 bits per heavy atom. The zero-order valence-corrected chi connectivity index (χ0v) is 52.0. The van der Waals surface area contributed by atoms with Crippen LogP contribution in [0.4, 0.5) is 44.5 Å². The van der Waals surface area contributed by atoms with Gasteiger partial charge in [-0.1, -0.05) is 28.9 Å². The van der Waals surface area contributed by atoms with Crippen molar-refractivity contribution in [2.24, 2.45) is 60.2 Å². The number of amides is 9. The molecule has 0 aliphatic carbocycles. The minimum Gasteiger partial charge on any atom is -0.396 e. The van der Waals surface area contributed by atoms with Crippen molar-refractivity contribution in [3.05, 3.63) is 171 Å². The predicted molar refractivity (Wildman–Crippen MR) is 341 cm³/mol. The molecule has 8 aromatic heterocycles. The smallest absolute Gasteiger partial charge is 0.291 e. The van der Waals surface area contributed by atoms with Crippen LogP contribution >= 0.6 is 22.9 Å². The topological polar surface area (TPSA) is 370 Å². The molecule has 33 heteroatoms. The molecule has 0 fully saturated rings. The Kier molecular flexibility index (Phi) is 20.1. The highest BCUT2D eigenvalue weighted by Crippen LogP contribution is 2.26. The summed E-state index contributed by atoms with van der Waals surface area (Å²) in [7, 11) is 11.2. The van der Waals surface area contributed by atoms with Crippen LogP contribution in [-0.4, -0.2) is 127 Å². The molecular formula is C59H62ClFN20O10S. The van der Waals surface area contributed by atoms with E-state index in [-0.39, 0.29) is 101 Å². The number of rotatable bonds is 25. The largest absolute Gasteiger partial charge is 0.396 e. The molecule has 1 aromatic carbocycles. The summed E-state index contributed by atoms with van der Waals surface area (Å²) in [5, 5.41) is 30.2. The highest BCUT2D eigenvalue weighted by Gasteiger charge is 2.25. The monoisotopic (exact) mass is 1300 g/mol. The lowest BCUT2D eigenvalue weighted by atomic mass is 10.2. The third-order valence-corrected chi connectivity index (χ3v) is 15.2. The number of anilines is 7. The maximum absolute atomic E-state index is 13.5. The van der Waals surface area contributed by atoms with E-state index in [1.807, 2.05) is 0 Å². The average molecular weight is 1300 g/mol. The highest BCUT2D eigenvalue weighted by molar-refractivity contribution is 7.12. The van der Waals surface area contributed by atoms with Crippen molar-refractivity contribution in [1.29, 1.82) is 0 Å². The second-order valence-electron chi connectivity index (χ2n) is 20.9. The fraction of sp³-hybridized carbons (Fsp3) is 0.220. The lowest BCUT2D eigenvalue weighted by molar-refractivity contribution is -0.117.